The molecule has 0 unspecified atom stereocenters. The lowest BCUT2D eigenvalue weighted by Gasteiger charge is -2.08. The zero-order valence-electron chi connectivity index (χ0n) is 14.5. The minimum absolute atomic E-state index is 0.0218. The van der Waals surface area contributed by atoms with Gasteiger partial charge >= 0.3 is 0 Å². The van der Waals surface area contributed by atoms with Crippen molar-refractivity contribution in [2.45, 2.75) is 6.54 Å². The fourth-order valence-electron chi connectivity index (χ4n) is 3.34. The molecule has 2 aromatic carbocycles. The van der Waals surface area contributed by atoms with Gasteiger partial charge in [0.05, 0.1) is 35.7 Å². The van der Waals surface area contributed by atoms with Crippen LogP contribution in [-0.2, 0) is 6.54 Å². The van der Waals surface area contributed by atoms with Crippen molar-refractivity contribution in [1.82, 2.24) is 18.9 Å². The topological polar surface area (TPSA) is 52.2 Å². The van der Waals surface area contributed by atoms with Gasteiger partial charge in [0.2, 0.25) is 0 Å². The largest absolute Gasteiger partial charge is 0.300 e. The van der Waals surface area contributed by atoms with E-state index in [-0.39, 0.29) is 5.56 Å². The quantitative estimate of drug-likeness (QED) is 0.497. The zero-order chi connectivity index (χ0) is 18.2. The van der Waals surface area contributed by atoms with Gasteiger partial charge in [0.15, 0.2) is 0 Å². The Kier molecular flexibility index (Phi) is 3.57. The molecular formula is C22H16N4O. The molecule has 3 aromatic heterocycles. The van der Waals surface area contributed by atoms with Gasteiger partial charge < -0.3 is 0 Å². The molecule has 0 N–H and O–H groups in total. The van der Waals surface area contributed by atoms with Crippen molar-refractivity contribution in [2.24, 2.45) is 0 Å². The number of aromatic nitrogens is 4. The highest BCUT2D eigenvalue weighted by Gasteiger charge is 2.07. The van der Waals surface area contributed by atoms with E-state index in [1.807, 2.05) is 67.0 Å². The number of hydrogen-bond donors (Lipinski definition) is 0. The lowest BCUT2D eigenvalue weighted by atomic mass is 10.1. The molecule has 0 amide bonds. The molecule has 0 saturated carbocycles. The molecular weight excluding hydrogens is 336 g/mol. The summed E-state index contributed by atoms with van der Waals surface area (Å²) in [6.07, 6.45) is 5.50. The molecule has 0 atom stereocenters. The summed E-state index contributed by atoms with van der Waals surface area (Å²) in [6, 6.07) is 21.6. The normalized spacial score (nSPS) is 11.3. The third-order valence-electron chi connectivity index (χ3n) is 4.75. The Labute approximate surface area is 155 Å². The first-order valence-electron chi connectivity index (χ1n) is 8.75. The molecule has 27 heavy (non-hydrogen) atoms. The van der Waals surface area contributed by atoms with Crippen LogP contribution in [-0.4, -0.2) is 18.9 Å². The van der Waals surface area contributed by atoms with Crippen molar-refractivity contribution < 1.29 is 0 Å². The summed E-state index contributed by atoms with van der Waals surface area (Å²) in [5, 5.41) is 0.641. The van der Waals surface area contributed by atoms with E-state index < -0.39 is 0 Å². The average molecular weight is 352 g/mol. The summed E-state index contributed by atoms with van der Waals surface area (Å²) in [6.45, 7) is 0.490. The second-order valence-corrected chi connectivity index (χ2v) is 6.46. The first kappa shape index (κ1) is 15.5. The van der Waals surface area contributed by atoms with Crippen molar-refractivity contribution in [1.29, 1.82) is 0 Å². The van der Waals surface area contributed by atoms with E-state index in [2.05, 4.69) is 26.5 Å². The molecule has 0 fully saturated rings. The number of benzene rings is 2. The molecule has 3 heterocycles. The van der Waals surface area contributed by atoms with Crippen molar-refractivity contribution in [3.63, 3.8) is 0 Å². The first-order valence-corrected chi connectivity index (χ1v) is 8.75. The van der Waals surface area contributed by atoms with Crippen molar-refractivity contribution in [3.05, 3.63) is 101 Å². The SMILES string of the molecule is O=c1c2ccccc2ncn1Cc1ccc(-c2cnc3ccccn23)cc1. The maximum absolute atomic E-state index is 12.6. The smallest absolute Gasteiger partial charge is 0.261 e. The fourth-order valence-corrected chi connectivity index (χ4v) is 3.34. The lowest BCUT2D eigenvalue weighted by molar-refractivity contribution is 0.748. The third-order valence-corrected chi connectivity index (χ3v) is 4.75. The predicted octanol–water partition coefficient (Wildman–Crippen LogP) is 3.76. The van der Waals surface area contributed by atoms with Gasteiger partial charge in [-0.1, -0.05) is 42.5 Å². The summed E-state index contributed by atoms with van der Waals surface area (Å²) in [4.78, 5) is 21.5. The molecule has 0 radical (unpaired) electrons. The number of fused-ring (bicyclic) bond motifs is 2. The lowest BCUT2D eigenvalue weighted by Crippen LogP contribution is -2.21. The van der Waals surface area contributed by atoms with Crippen LogP contribution in [0.25, 0.3) is 27.8 Å². The summed E-state index contributed by atoms with van der Waals surface area (Å²) >= 11 is 0. The average Bonchev–Trinajstić information content (AvgIpc) is 3.15. The Morgan fingerprint density at radius 2 is 1.67 bits per heavy atom. The van der Waals surface area contributed by atoms with E-state index >= 15 is 0 Å². The number of rotatable bonds is 3. The number of para-hydroxylation sites is 1. The van der Waals surface area contributed by atoms with Crippen LogP contribution in [0.15, 0.2) is 90.2 Å². The van der Waals surface area contributed by atoms with Crippen molar-refractivity contribution >= 4 is 16.6 Å². The van der Waals surface area contributed by atoms with Gasteiger partial charge in [0.1, 0.15) is 5.65 Å². The van der Waals surface area contributed by atoms with E-state index in [1.54, 1.807) is 10.9 Å². The van der Waals surface area contributed by atoms with E-state index in [4.69, 9.17) is 0 Å². The van der Waals surface area contributed by atoms with Gasteiger partial charge in [-0.15, -0.1) is 0 Å². The predicted molar refractivity (Wildman–Crippen MR) is 106 cm³/mol. The number of nitrogens with zero attached hydrogens (tertiary/aromatic N) is 4. The van der Waals surface area contributed by atoms with Gasteiger partial charge in [-0.2, -0.15) is 0 Å². The van der Waals surface area contributed by atoms with Crippen LogP contribution >= 0.6 is 0 Å². The number of pyridine rings is 1. The van der Waals surface area contributed by atoms with Gasteiger partial charge in [-0.05, 0) is 29.8 Å². The van der Waals surface area contributed by atoms with E-state index in [9.17, 15) is 4.79 Å². The fraction of sp³-hybridized carbons (Fsp3) is 0.0455. The Hall–Kier alpha value is -3.73. The van der Waals surface area contributed by atoms with Crippen LogP contribution in [0.1, 0.15) is 5.56 Å². The molecule has 0 bridgehead atoms. The molecule has 5 nitrogen and oxygen atoms in total. The summed E-state index contributed by atoms with van der Waals surface area (Å²) < 4.78 is 3.71. The molecule has 0 aliphatic heterocycles. The summed E-state index contributed by atoms with van der Waals surface area (Å²) in [5.41, 5.74) is 4.80. The maximum atomic E-state index is 12.6. The molecule has 0 aliphatic carbocycles. The highest BCUT2D eigenvalue weighted by Crippen LogP contribution is 2.21. The number of imidazole rings is 1. The minimum atomic E-state index is -0.0218. The third kappa shape index (κ3) is 2.69. The highest BCUT2D eigenvalue weighted by atomic mass is 16.1. The Morgan fingerprint density at radius 3 is 2.56 bits per heavy atom. The standard InChI is InChI=1S/C22H16N4O/c27-22-18-5-1-2-6-19(18)24-15-25(22)14-16-8-10-17(11-9-16)20-13-23-21-7-3-4-12-26(20)21/h1-13,15H,14H2. The molecule has 0 aliphatic rings. The minimum Gasteiger partial charge on any atom is -0.300 e. The van der Waals surface area contributed by atoms with Crippen LogP contribution in [0.3, 0.4) is 0 Å². The second-order valence-electron chi connectivity index (χ2n) is 6.46. The molecule has 5 heteroatoms. The summed E-state index contributed by atoms with van der Waals surface area (Å²) in [5.74, 6) is 0. The molecule has 5 aromatic rings. The Morgan fingerprint density at radius 1 is 0.852 bits per heavy atom. The van der Waals surface area contributed by atoms with Crippen LogP contribution < -0.4 is 5.56 Å². The van der Waals surface area contributed by atoms with Crippen molar-refractivity contribution in [2.75, 3.05) is 0 Å². The van der Waals surface area contributed by atoms with Gasteiger partial charge in [0.25, 0.3) is 5.56 Å². The van der Waals surface area contributed by atoms with E-state index in [1.165, 1.54) is 0 Å². The molecule has 130 valence electrons. The Bertz CT molecular complexity index is 1320. The van der Waals surface area contributed by atoms with E-state index in [0.717, 1.165) is 28.0 Å². The molecule has 5 rings (SSSR count). The van der Waals surface area contributed by atoms with E-state index in [0.29, 0.717) is 11.9 Å². The van der Waals surface area contributed by atoms with Gasteiger partial charge in [-0.3, -0.25) is 13.8 Å². The zero-order valence-corrected chi connectivity index (χ0v) is 14.5. The monoisotopic (exact) mass is 352 g/mol. The Balaban J connectivity index is 1.48. The molecule has 0 saturated heterocycles. The van der Waals surface area contributed by atoms with Crippen molar-refractivity contribution in [3.8, 4) is 11.3 Å². The van der Waals surface area contributed by atoms with Crippen LogP contribution in [0.2, 0.25) is 0 Å². The molecule has 0 spiro atoms. The second kappa shape index (κ2) is 6.21. The summed E-state index contributed by atoms with van der Waals surface area (Å²) in [7, 11) is 0. The number of hydrogen-bond acceptors (Lipinski definition) is 3. The highest BCUT2D eigenvalue weighted by molar-refractivity contribution is 5.76. The maximum Gasteiger partial charge on any atom is 0.261 e. The van der Waals surface area contributed by atoms with Crippen LogP contribution in [0, 0.1) is 0 Å². The van der Waals surface area contributed by atoms with Gasteiger partial charge in [0, 0.05) is 11.8 Å². The van der Waals surface area contributed by atoms with Gasteiger partial charge in [-0.25, -0.2) is 9.97 Å². The van der Waals surface area contributed by atoms with Crippen LogP contribution in [0.4, 0.5) is 0 Å². The van der Waals surface area contributed by atoms with Crippen LogP contribution in [0.5, 0.6) is 0 Å². The first-order chi connectivity index (χ1) is 13.3.